The van der Waals surface area contributed by atoms with E-state index in [4.69, 9.17) is 4.74 Å². The molecule has 0 aliphatic carbocycles. The highest BCUT2D eigenvalue weighted by atomic mass is 19.3. The van der Waals surface area contributed by atoms with E-state index in [1.54, 1.807) is 0 Å². The van der Waals surface area contributed by atoms with Crippen LogP contribution in [0.25, 0.3) is 0 Å². The maximum atomic E-state index is 13.4. The van der Waals surface area contributed by atoms with Gasteiger partial charge in [-0.15, -0.1) is 0 Å². The summed E-state index contributed by atoms with van der Waals surface area (Å²) in [5.41, 5.74) is 3.18. The molecular formula is C21H27F2N3O. The molecule has 1 aromatic carbocycles. The summed E-state index contributed by atoms with van der Waals surface area (Å²) in [6, 6.07) is 8.01. The maximum Gasteiger partial charge on any atom is 0.251 e. The SMILES string of the molecule is Cc1ccc(OC(C)C)cc1C(C)c1cc(N2CCC(F)(F)CC2)ncn1. The van der Waals surface area contributed by atoms with E-state index in [-0.39, 0.29) is 24.9 Å². The summed E-state index contributed by atoms with van der Waals surface area (Å²) in [7, 11) is 0. The Morgan fingerprint density at radius 2 is 1.78 bits per heavy atom. The van der Waals surface area contributed by atoms with Crippen molar-refractivity contribution in [2.45, 2.75) is 58.5 Å². The topological polar surface area (TPSA) is 38.2 Å². The number of hydrogen-bond donors (Lipinski definition) is 0. The smallest absolute Gasteiger partial charge is 0.251 e. The summed E-state index contributed by atoms with van der Waals surface area (Å²) in [5.74, 6) is -0.957. The Labute approximate surface area is 159 Å². The van der Waals surface area contributed by atoms with Gasteiger partial charge < -0.3 is 9.64 Å². The van der Waals surface area contributed by atoms with Crippen molar-refractivity contribution in [3.05, 3.63) is 47.4 Å². The molecule has 6 heteroatoms. The number of halogens is 2. The van der Waals surface area contributed by atoms with Crippen LogP contribution < -0.4 is 9.64 Å². The van der Waals surface area contributed by atoms with E-state index in [0.717, 1.165) is 28.4 Å². The summed E-state index contributed by atoms with van der Waals surface area (Å²) in [5, 5.41) is 0. The molecule has 4 nitrogen and oxygen atoms in total. The predicted octanol–water partition coefficient (Wildman–Crippen LogP) is 4.96. The van der Waals surface area contributed by atoms with Gasteiger partial charge in [0.15, 0.2) is 0 Å². The monoisotopic (exact) mass is 375 g/mol. The molecule has 1 unspecified atom stereocenters. The van der Waals surface area contributed by atoms with Crippen LogP contribution in [-0.2, 0) is 0 Å². The van der Waals surface area contributed by atoms with Crippen molar-refractivity contribution in [3.63, 3.8) is 0 Å². The quantitative estimate of drug-likeness (QED) is 0.740. The van der Waals surface area contributed by atoms with Crippen molar-refractivity contribution < 1.29 is 13.5 Å². The Morgan fingerprint density at radius 1 is 1.07 bits per heavy atom. The van der Waals surface area contributed by atoms with Crippen LogP contribution in [0.4, 0.5) is 14.6 Å². The van der Waals surface area contributed by atoms with Gasteiger partial charge in [0, 0.05) is 37.9 Å². The molecule has 0 saturated carbocycles. The van der Waals surface area contributed by atoms with E-state index < -0.39 is 5.92 Å². The second kappa shape index (κ2) is 7.79. The van der Waals surface area contributed by atoms with Crippen molar-refractivity contribution in [3.8, 4) is 5.75 Å². The minimum Gasteiger partial charge on any atom is -0.491 e. The van der Waals surface area contributed by atoms with Gasteiger partial charge in [-0.05, 0) is 44.0 Å². The molecular weight excluding hydrogens is 348 g/mol. The van der Waals surface area contributed by atoms with E-state index in [2.05, 4.69) is 35.9 Å². The second-order valence-electron chi connectivity index (χ2n) is 7.55. The number of ether oxygens (including phenoxy) is 1. The Kier molecular flexibility index (Phi) is 5.63. The fourth-order valence-electron chi connectivity index (χ4n) is 3.42. The summed E-state index contributed by atoms with van der Waals surface area (Å²) in [4.78, 5) is 10.7. The first-order valence-corrected chi connectivity index (χ1v) is 9.47. The first-order chi connectivity index (χ1) is 12.7. The van der Waals surface area contributed by atoms with Gasteiger partial charge in [-0.3, -0.25) is 0 Å². The third-order valence-corrected chi connectivity index (χ3v) is 5.03. The number of aryl methyl sites for hydroxylation is 1. The standard InChI is InChI=1S/C21H27F2N3O/c1-14(2)27-17-6-5-15(3)18(11-17)16(4)19-12-20(25-13-24-19)26-9-7-21(22,23)8-10-26/h5-6,11-14,16H,7-10H2,1-4H3. The molecule has 1 aliphatic heterocycles. The molecule has 1 atom stereocenters. The van der Waals surface area contributed by atoms with Crippen LogP contribution in [0.5, 0.6) is 5.75 Å². The zero-order valence-corrected chi connectivity index (χ0v) is 16.4. The summed E-state index contributed by atoms with van der Waals surface area (Å²) >= 11 is 0. The predicted molar refractivity (Wildman–Crippen MR) is 103 cm³/mol. The van der Waals surface area contributed by atoms with Crippen molar-refractivity contribution in [1.82, 2.24) is 9.97 Å². The van der Waals surface area contributed by atoms with Gasteiger partial charge in [-0.25, -0.2) is 18.7 Å². The summed E-state index contributed by atoms with van der Waals surface area (Å²) in [6.45, 7) is 8.80. The number of piperidine rings is 1. The number of anilines is 1. The minimum absolute atomic E-state index is 0.0497. The lowest BCUT2D eigenvalue weighted by atomic mass is 9.93. The molecule has 2 heterocycles. The Hall–Kier alpha value is -2.24. The normalized spacial score (nSPS) is 17.8. The van der Waals surface area contributed by atoms with E-state index in [1.807, 2.05) is 30.9 Å². The van der Waals surface area contributed by atoms with Crippen molar-refractivity contribution in [1.29, 1.82) is 0 Å². The first kappa shape index (κ1) is 19.5. The molecule has 0 amide bonds. The van der Waals surface area contributed by atoms with Gasteiger partial charge in [0.05, 0.1) is 11.8 Å². The zero-order valence-electron chi connectivity index (χ0n) is 16.4. The van der Waals surface area contributed by atoms with Crippen molar-refractivity contribution >= 4 is 5.82 Å². The number of rotatable bonds is 5. The van der Waals surface area contributed by atoms with Crippen LogP contribution in [0.3, 0.4) is 0 Å². The van der Waals surface area contributed by atoms with Gasteiger partial charge in [0.2, 0.25) is 0 Å². The molecule has 1 saturated heterocycles. The fourth-order valence-corrected chi connectivity index (χ4v) is 3.42. The lowest BCUT2D eigenvalue weighted by Crippen LogP contribution is -2.39. The lowest BCUT2D eigenvalue weighted by Gasteiger charge is -2.32. The maximum absolute atomic E-state index is 13.4. The number of nitrogens with zero attached hydrogens (tertiary/aromatic N) is 3. The Bertz CT molecular complexity index is 785. The Morgan fingerprint density at radius 3 is 2.44 bits per heavy atom. The van der Waals surface area contributed by atoms with Crippen LogP contribution in [0.2, 0.25) is 0 Å². The number of benzene rings is 1. The molecule has 146 valence electrons. The Balaban J connectivity index is 1.82. The van der Waals surface area contributed by atoms with Gasteiger partial charge >= 0.3 is 0 Å². The highest BCUT2D eigenvalue weighted by molar-refractivity contribution is 5.45. The summed E-state index contributed by atoms with van der Waals surface area (Å²) < 4.78 is 32.7. The van der Waals surface area contributed by atoms with E-state index in [9.17, 15) is 8.78 Å². The highest BCUT2D eigenvalue weighted by Gasteiger charge is 2.34. The molecule has 0 spiro atoms. The van der Waals surface area contributed by atoms with Crippen molar-refractivity contribution in [2.75, 3.05) is 18.0 Å². The second-order valence-corrected chi connectivity index (χ2v) is 7.55. The van der Waals surface area contributed by atoms with Crippen molar-refractivity contribution in [2.24, 2.45) is 0 Å². The van der Waals surface area contributed by atoms with Crippen LogP contribution in [0.1, 0.15) is 56.4 Å². The molecule has 1 aliphatic rings. The third-order valence-electron chi connectivity index (χ3n) is 5.03. The molecule has 1 fully saturated rings. The molecule has 1 aromatic heterocycles. The largest absolute Gasteiger partial charge is 0.491 e. The molecule has 27 heavy (non-hydrogen) atoms. The van der Waals surface area contributed by atoms with Crippen LogP contribution in [-0.4, -0.2) is 35.1 Å². The summed E-state index contributed by atoms with van der Waals surface area (Å²) in [6.07, 6.45) is 1.38. The van der Waals surface area contributed by atoms with Gasteiger partial charge in [-0.1, -0.05) is 13.0 Å². The number of alkyl halides is 2. The van der Waals surface area contributed by atoms with E-state index >= 15 is 0 Å². The van der Waals surface area contributed by atoms with Crippen LogP contribution in [0.15, 0.2) is 30.6 Å². The molecule has 0 radical (unpaired) electrons. The lowest BCUT2D eigenvalue weighted by molar-refractivity contribution is -0.0221. The van der Waals surface area contributed by atoms with Gasteiger partial charge in [0.1, 0.15) is 17.9 Å². The number of hydrogen-bond acceptors (Lipinski definition) is 4. The van der Waals surface area contributed by atoms with E-state index in [1.165, 1.54) is 6.33 Å². The molecule has 3 rings (SSSR count). The van der Waals surface area contributed by atoms with Gasteiger partial charge in [-0.2, -0.15) is 0 Å². The average molecular weight is 375 g/mol. The highest BCUT2D eigenvalue weighted by Crippen LogP contribution is 2.32. The molecule has 0 N–H and O–H groups in total. The third kappa shape index (κ3) is 4.73. The fraction of sp³-hybridized carbons (Fsp3) is 0.524. The molecule has 2 aromatic rings. The first-order valence-electron chi connectivity index (χ1n) is 9.47. The minimum atomic E-state index is -2.56. The van der Waals surface area contributed by atoms with Crippen LogP contribution >= 0.6 is 0 Å². The van der Waals surface area contributed by atoms with Gasteiger partial charge in [0.25, 0.3) is 5.92 Å². The average Bonchev–Trinajstić information content (AvgIpc) is 2.62. The number of aromatic nitrogens is 2. The zero-order chi connectivity index (χ0) is 19.6. The van der Waals surface area contributed by atoms with E-state index in [0.29, 0.717) is 13.1 Å². The molecule has 0 bridgehead atoms. The van der Waals surface area contributed by atoms with Crippen LogP contribution in [0, 0.1) is 6.92 Å².